The zero-order valence-electron chi connectivity index (χ0n) is 12.6. The molecule has 0 aliphatic carbocycles. The molecule has 0 saturated heterocycles. The molecule has 1 unspecified atom stereocenters. The van der Waals surface area contributed by atoms with E-state index in [1.165, 1.54) is 0 Å². The molecule has 4 heteroatoms. The van der Waals surface area contributed by atoms with Crippen molar-refractivity contribution in [2.45, 2.75) is 45.9 Å². The van der Waals surface area contributed by atoms with Crippen molar-refractivity contribution in [1.29, 1.82) is 0 Å². The molecule has 0 spiro atoms. The van der Waals surface area contributed by atoms with Crippen molar-refractivity contribution in [3.8, 4) is 11.5 Å². The summed E-state index contributed by atoms with van der Waals surface area (Å²) in [5.74, 6) is 1.55. The van der Waals surface area contributed by atoms with E-state index in [0.29, 0.717) is 6.54 Å². The topological polar surface area (TPSA) is 56.5 Å². The molecule has 0 fully saturated rings. The average molecular weight is 266 g/mol. The van der Waals surface area contributed by atoms with Gasteiger partial charge in [-0.2, -0.15) is 0 Å². The lowest BCUT2D eigenvalue weighted by Crippen LogP contribution is -2.25. The van der Waals surface area contributed by atoms with E-state index in [2.05, 4.69) is 5.32 Å². The summed E-state index contributed by atoms with van der Waals surface area (Å²) >= 11 is 0. The first-order chi connectivity index (χ1) is 8.97. The zero-order chi connectivity index (χ0) is 14.4. The van der Waals surface area contributed by atoms with Crippen LogP contribution < -0.4 is 20.5 Å². The Labute approximate surface area is 116 Å². The quantitative estimate of drug-likeness (QED) is 0.796. The Morgan fingerprint density at radius 3 is 2.11 bits per heavy atom. The minimum atomic E-state index is 0.107. The lowest BCUT2D eigenvalue weighted by Gasteiger charge is -2.20. The lowest BCUT2D eigenvalue weighted by atomic mass is 10.1. The van der Waals surface area contributed by atoms with Crippen LogP contribution >= 0.6 is 0 Å². The van der Waals surface area contributed by atoms with Gasteiger partial charge in [-0.15, -0.1) is 0 Å². The van der Waals surface area contributed by atoms with Crippen molar-refractivity contribution in [3.05, 3.63) is 23.8 Å². The van der Waals surface area contributed by atoms with Crippen molar-refractivity contribution in [1.82, 2.24) is 5.32 Å². The Kier molecular flexibility index (Phi) is 6.12. The molecule has 1 atom stereocenters. The average Bonchev–Trinajstić information content (AvgIpc) is 2.32. The fraction of sp³-hybridized carbons (Fsp3) is 0.600. The van der Waals surface area contributed by atoms with Gasteiger partial charge in [0.1, 0.15) is 0 Å². The Hall–Kier alpha value is -1.26. The normalized spacial score (nSPS) is 12.8. The third kappa shape index (κ3) is 4.73. The van der Waals surface area contributed by atoms with Gasteiger partial charge in [0, 0.05) is 12.6 Å². The van der Waals surface area contributed by atoms with Crippen molar-refractivity contribution in [3.63, 3.8) is 0 Å². The van der Waals surface area contributed by atoms with Crippen molar-refractivity contribution >= 4 is 0 Å². The molecule has 0 aliphatic rings. The standard InChI is InChI=1S/C15H26N2O2/c1-10(2)18-14-7-6-12(13(9-16)17-5)8-15(14)19-11(3)4/h6-8,10-11,13,17H,9,16H2,1-5H3. The second kappa shape index (κ2) is 7.36. The van der Waals surface area contributed by atoms with Gasteiger partial charge in [0.2, 0.25) is 0 Å². The summed E-state index contributed by atoms with van der Waals surface area (Å²) in [5, 5.41) is 3.19. The highest BCUT2D eigenvalue weighted by Crippen LogP contribution is 2.32. The fourth-order valence-corrected chi connectivity index (χ4v) is 1.86. The molecule has 1 rings (SSSR count). The Balaban J connectivity index is 3.06. The molecule has 1 aromatic rings. The van der Waals surface area contributed by atoms with E-state index in [0.717, 1.165) is 17.1 Å². The SMILES string of the molecule is CNC(CN)c1ccc(OC(C)C)c(OC(C)C)c1. The van der Waals surface area contributed by atoms with Gasteiger partial charge in [-0.25, -0.2) is 0 Å². The third-order valence-electron chi connectivity index (χ3n) is 2.68. The van der Waals surface area contributed by atoms with Crippen LogP contribution in [0.5, 0.6) is 11.5 Å². The van der Waals surface area contributed by atoms with Crippen LogP contribution in [0.15, 0.2) is 18.2 Å². The molecular formula is C15H26N2O2. The van der Waals surface area contributed by atoms with Crippen LogP contribution in [-0.4, -0.2) is 25.8 Å². The number of hydrogen-bond acceptors (Lipinski definition) is 4. The van der Waals surface area contributed by atoms with E-state index >= 15 is 0 Å². The first-order valence-electron chi connectivity index (χ1n) is 6.82. The summed E-state index contributed by atoms with van der Waals surface area (Å²) in [6.07, 6.45) is 0.227. The maximum Gasteiger partial charge on any atom is 0.161 e. The number of nitrogens with one attached hydrogen (secondary N) is 1. The van der Waals surface area contributed by atoms with Gasteiger partial charge in [0.25, 0.3) is 0 Å². The minimum Gasteiger partial charge on any atom is -0.487 e. The molecule has 0 amide bonds. The molecular weight excluding hydrogens is 240 g/mol. The summed E-state index contributed by atoms with van der Waals surface area (Å²) < 4.78 is 11.6. The van der Waals surface area contributed by atoms with Gasteiger partial charge in [-0.05, 0) is 52.4 Å². The van der Waals surface area contributed by atoms with Crippen LogP contribution in [-0.2, 0) is 0 Å². The van der Waals surface area contributed by atoms with Crippen molar-refractivity contribution in [2.75, 3.05) is 13.6 Å². The van der Waals surface area contributed by atoms with E-state index in [4.69, 9.17) is 15.2 Å². The van der Waals surface area contributed by atoms with Crippen molar-refractivity contribution < 1.29 is 9.47 Å². The van der Waals surface area contributed by atoms with Crippen LogP contribution in [0.25, 0.3) is 0 Å². The number of benzene rings is 1. The van der Waals surface area contributed by atoms with Gasteiger partial charge >= 0.3 is 0 Å². The molecule has 0 heterocycles. The van der Waals surface area contributed by atoms with E-state index in [1.807, 2.05) is 52.9 Å². The predicted octanol–water partition coefficient (Wildman–Crippen LogP) is 2.48. The van der Waals surface area contributed by atoms with Gasteiger partial charge in [0.05, 0.1) is 12.2 Å². The molecule has 0 aromatic heterocycles. The van der Waals surface area contributed by atoms with Gasteiger partial charge < -0.3 is 20.5 Å². The second-order valence-corrected chi connectivity index (χ2v) is 5.12. The van der Waals surface area contributed by atoms with Gasteiger partial charge in [0.15, 0.2) is 11.5 Å². The van der Waals surface area contributed by atoms with Crippen LogP contribution in [0.1, 0.15) is 39.3 Å². The van der Waals surface area contributed by atoms with Crippen LogP contribution in [0.2, 0.25) is 0 Å². The smallest absolute Gasteiger partial charge is 0.161 e. The Morgan fingerprint density at radius 1 is 1.05 bits per heavy atom. The van der Waals surface area contributed by atoms with Crippen LogP contribution in [0, 0.1) is 0 Å². The van der Waals surface area contributed by atoms with E-state index in [9.17, 15) is 0 Å². The molecule has 3 N–H and O–H groups in total. The predicted molar refractivity (Wildman–Crippen MR) is 78.8 cm³/mol. The van der Waals surface area contributed by atoms with Gasteiger partial charge in [-0.1, -0.05) is 6.07 Å². The molecule has 1 aromatic carbocycles. The molecule has 4 nitrogen and oxygen atoms in total. The highest BCUT2D eigenvalue weighted by molar-refractivity contribution is 5.44. The summed E-state index contributed by atoms with van der Waals surface area (Å²) in [5.41, 5.74) is 6.86. The third-order valence-corrected chi connectivity index (χ3v) is 2.68. The monoisotopic (exact) mass is 266 g/mol. The Morgan fingerprint density at radius 2 is 1.63 bits per heavy atom. The zero-order valence-corrected chi connectivity index (χ0v) is 12.6. The van der Waals surface area contributed by atoms with Gasteiger partial charge in [-0.3, -0.25) is 0 Å². The summed E-state index contributed by atoms with van der Waals surface area (Å²) in [6.45, 7) is 8.56. The summed E-state index contributed by atoms with van der Waals surface area (Å²) in [7, 11) is 1.90. The second-order valence-electron chi connectivity index (χ2n) is 5.12. The number of rotatable bonds is 7. The number of likely N-dealkylation sites (N-methyl/N-ethyl adjacent to an activating group) is 1. The van der Waals surface area contributed by atoms with Crippen LogP contribution in [0.3, 0.4) is 0 Å². The molecule has 0 saturated carbocycles. The number of nitrogens with two attached hydrogens (primary N) is 1. The van der Waals surface area contributed by atoms with E-state index in [-0.39, 0.29) is 18.2 Å². The van der Waals surface area contributed by atoms with Crippen LogP contribution in [0.4, 0.5) is 0 Å². The largest absolute Gasteiger partial charge is 0.487 e. The number of hydrogen-bond donors (Lipinski definition) is 2. The molecule has 19 heavy (non-hydrogen) atoms. The van der Waals surface area contributed by atoms with E-state index in [1.54, 1.807) is 0 Å². The summed E-state index contributed by atoms with van der Waals surface area (Å²) in [6, 6.07) is 6.11. The molecule has 0 aliphatic heterocycles. The maximum absolute atomic E-state index is 5.83. The molecule has 108 valence electrons. The molecule has 0 radical (unpaired) electrons. The first kappa shape index (κ1) is 15.8. The first-order valence-corrected chi connectivity index (χ1v) is 6.82. The highest BCUT2D eigenvalue weighted by Gasteiger charge is 2.14. The van der Waals surface area contributed by atoms with Crippen molar-refractivity contribution in [2.24, 2.45) is 5.73 Å². The Bertz CT molecular complexity index is 388. The number of ether oxygens (including phenoxy) is 2. The minimum absolute atomic E-state index is 0.107. The highest BCUT2D eigenvalue weighted by atomic mass is 16.5. The lowest BCUT2D eigenvalue weighted by molar-refractivity contribution is 0.198. The molecule has 0 bridgehead atoms. The summed E-state index contributed by atoms with van der Waals surface area (Å²) in [4.78, 5) is 0. The van der Waals surface area contributed by atoms with E-state index < -0.39 is 0 Å². The fourth-order valence-electron chi connectivity index (χ4n) is 1.86. The maximum atomic E-state index is 5.83.